The summed E-state index contributed by atoms with van der Waals surface area (Å²) in [5.41, 5.74) is -2.23. The Balaban J connectivity index is 1.75. The van der Waals surface area contributed by atoms with Crippen LogP contribution in [-0.4, -0.2) is 59.4 Å². The minimum atomic E-state index is -4.49. The van der Waals surface area contributed by atoms with E-state index in [0.29, 0.717) is 13.0 Å². The molecule has 238 valence electrons. The van der Waals surface area contributed by atoms with E-state index in [9.17, 15) is 18.9 Å². The lowest BCUT2D eigenvalue weighted by Crippen LogP contribution is -2.43. The Morgan fingerprint density at radius 3 is 2.53 bits per heavy atom. The highest BCUT2D eigenvalue weighted by Crippen LogP contribution is 2.55. The summed E-state index contributed by atoms with van der Waals surface area (Å²) in [6, 6.07) is 7.51. The highest BCUT2D eigenvalue weighted by molar-refractivity contribution is 7.49. The molecule has 4 rings (SSSR count). The molecular weight excluding hydrogens is 607 g/mol. The van der Waals surface area contributed by atoms with Gasteiger partial charge in [-0.25, -0.2) is 9.36 Å². The van der Waals surface area contributed by atoms with Gasteiger partial charge in [0.25, 0.3) is 5.56 Å². The second-order valence-corrected chi connectivity index (χ2v) is 13.4. The summed E-state index contributed by atoms with van der Waals surface area (Å²) >= 11 is 6.28. The molecule has 0 aliphatic carbocycles. The van der Waals surface area contributed by atoms with Crippen LogP contribution in [0.1, 0.15) is 60.1 Å². The van der Waals surface area contributed by atoms with Crippen LogP contribution >= 0.6 is 19.4 Å². The molecule has 0 radical (unpaired) electrons. The Kier molecular flexibility index (Phi) is 10.9. The van der Waals surface area contributed by atoms with Gasteiger partial charge in [0, 0.05) is 18.9 Å². The van der Waals surface area contributed by atoms with Crippen LogP contribution in [-0.2, 0) is 37.4 Å². The third-order valence-corrected chi connectivity index (χ3v) is 8.40. The quantitative estimate of drug-likeness (QED) is 0.270. The topological polar surface area (TPSA) is 154 Å². The number of aromatic nitrogens is 2. The number of carbonyl (C=O) groups excluding carboxylic acids is 1. The van der Waals surface area contributed by atoms with Crippen LogP contribution in [0, 0.1) is 5.41 Å². The SMILES string of the molecule is CC(C)OP(=O)(Oc1ccccc1Cl)O[C@H]1[C@@H](OC2CCCCO2)[C@H](n2ccc(=O)[nH]c2=O)O[C@@H]1COC(=O)C(C)(C)C. The number of aromatic amines is 1. The fourth-order valence-corrected chi connectivity index (χ4v) is 6.28. The fraction of sp³-hybridized carbons (Fsp3) is 0.607. The van der Waals surface area contributed by atoms with Gasteiger partial charge < -0.3 is 23.5 Å². The number of carbonyl (C=O) groups is 1. The predicted octanol–water partition coefficient (Wildman–Crippen LogP) is 4.59. The molecule has 2 unspecified atom stereocenters. The van der Waals surface area contributed by atoms with Crippen molar-refractivity contribution in [1.82, 2.24) is 9.55 Å². The molecule has 3 heterocycles. The van der Waals surface area contributed by atoms with E-state index in [-0.39, 0.29) is 17.4 Å². The highest BCUT2D eigenvalue weighted by atomic mass is 35.5. The zero-order valence-electron chi connectivity index (χ0n) is 24.7. The smallest absolute Gasteiger partial charge is 0.462 e. The van der Waals surface area contributed by atoms with Crippen molar-refractivity contribution in [1.29, 1.82) is 0 Å². The van der Waals surface area contributed by atoms with Crippen molar-refractivity contribution in [3.8, 4) is 5.75 Å². The molecule has 1 aromatic heterocycles. The van der Waals surface area contributed by atoms with Crippen molar-refractivity contribution in [2.45, 2.75) is 90.8 Å². The van der Waals surface area contributed by atoms with E-state index in [4.69, 9.17) is 44.1 Å². The van der Waals surface area contributed by atoms with Crippen molar-refractivity contribution in [2.75, 3.05) is 13.2 Å². The van der Waals surface area contributed by atoms with Crippen molar-refractivity contribution < 1.29 is 41.9 Å². The lowest BCUT2D eigenvalue weighted by atomic mass is 9.97. The number of hydrogen-bond acceptors (Lipinski definition) is 11. The number of benzene rings is 1. The number of esters is 1. The van der Waals surface area contributed by atoms with Crippen LogP contribution in [0.2, 0.25) is 5.02 Å². The van der Waals surface area contributed by atoms with Gasteiger partial charge in [0.15, 0.2) is 12.5 Å². The normalized spacial score (nSPS) is 25.8. The van der Waals surface area contributed by atoms with Crippen LogP contribution in [0.5, 0.6) is 5.75 Å². The number of ether oxygens (including phenoxy) is 4. The van der Waals surface area contributed by atoms with Crippen LogP contribution in [0.15, 0.2) is 46.1 Å². The van der Waals surface area contributed by atoms with E-state index in [1.165, 1.54) is 12.3 Å². The molecule has 0 spiro atoms. The standard InChI is InChI=1S/C28H38ClN2O11P/c1-17(2)40-43(35,41-19-11-7-6-10-18(19)29)42-23-20(16-37-26(33)28(3,4)5)38-25(31-14-13-21(32)30-27(31)34)24(23)39-22-12-8-9-15-36-22/h6-7,10-11,13-14,17,20,22-25H,8-9,12,15-16H2,1-5H3,(H,30,32,34)/t20-,22?,23-,24-,25-,43?/m1/s1. The Morgan fingerprint density at radius 1 is 1.16 bits per heavy atom. The average Bonchev–Trinajstić information content (AvgIpc) is 3.23. The molecule has 0 amide bonds. The average molecular weight is 645 g/mol. The van der Waals surface area contributed by atoms with Gasteiger partial charge in [-0.05, 0) is 66.0 Å². The van der Waals surface area contributed by atoms with Gasteiger partial charge in [-0.1, -0.05) is 23.7 Å². The van der Waals surface area contributed by atoms with E-state index < -0.39 is 67.4 Å². The number of phosphoric acid groups is 1. The maximum Gasteiger partial charge on any atom is 0.530 e. The summed E-state index contributed by atoms with van der Waals surface area (Å²) in [6.45, 7) is 8.46. The molecule has 1 N–H and O–H groups in total. The lowest BCUT2D eigenvalue weighted by molar-refractivity contribution is -0.215. The molecule has 6 atom stereocenters. The van der Waals surface area contributed by atoms with Gasteiger partial charge in [0.1, 0.15) is 30.7 Å². The summed E-state index contributed by atoms with van der Waals surface area (Å²) in [7, 11) is -4.49. The van der Waals surface area contributed by atoms with Crippen molar-refractivity contribution in [2.24, 2.45) is 5.41 Å². The minimum Gasteiger partial charge on any atom is -0.462 e. The lowest BCUT2D eigenvalue weighted by Gasteiger charge is -2.32. The maximum absolute atomic E-state index is 14.2. The third kappa shape index (κ3) is 8.78. The first-order valence-corrected chi connectivity index (χ1v) is 15.9. The first-order chi connectivity index (χ1) is 20.3. The molecule has 15 heteroatoms. The number of nitrogens with one attached hydrogen (secondary N) is 1. The van der Waals surface area contributed by atoms with E-state index in [2.05, 4.69) is 4.98 Å². The van der Waals surface area contributed by atoms with E-state index in [0.717, 1.165) is 23.5 Å². The number of rotatable bonds is 11. The second-order valence-electron chi connectivity index (χ2n) is 11.5. The summed E-state index contributed by atoms with van der Waals surface area (Å²) < 4.78 is 56.8. The summed E-state index contributed by atoms with van der Waals surface area (Å²) in [4.78, 5) is 39.6. The number of nitrogens with zero attached hydrogens (tertiary/aromatic N) is 1. The monoisotopic (exact) mass is 644 g/mol. The zero-order chi connectivity index (χ0) is 31.4. The number of para-hydroxylation sites is 1. The zero-order valence-corrected chi connectivity index (χ0v) is 26.4. The number of phosphoric ester groups is 1. The molecule has 1 aromatic carbocycles. The predicted molar refractivity (Wildman–Crippen MR) is 155 cm³/mol. The van der Waals surface area contributed by atoms with Crippen molar-refractivity contribution in [3.05, 3.63) is 62.4 Å². The highest BCUT2D eigenvalue weighted by Gasteiger charge is 2.53. The Labute approximate surface area is 254 Å². The molecule has 0 bridgehead atoms. The summed E-state index contributed by atoms with van der Waals surface area (Å²) in [6.07, 6.45) is -2.66. The summed E-state index contributed by atoms with van der Waals surface area (Å²) in [5.74, 6) is -0.481. The molecule has 2 aromatic rings. The second kappa shape index (κ2) is 14.1. The maximum atomic E-state index is 14.2. The molecule has 2 aliphatic rings. The molecule has 13 nitrogen and oxygen atoms in total. The molecule has 2 aliphatic heterocycles. The molecule has 0 saturated carbocycles. The Hall–Kier alpha value is -2.51. The third-order valence-electron chi connectivity index (χ3n) is 6.49. The number of hydrogen-bond donors (Lipinski definition) is 1. The van der Waals surface area contributed by atoms with Gasteiger partial charge in [0.2, 0.25) is 0 Å². The van der Waals surface area contributed by atoms with Crippen LogP contribution < -0.4 is 15.8 Å². The molecular formula is C28H38ClN2O11P. The molecule has 2 fully saturated rings. The summed E-state index contributed by atoms with van der Waals surface area (Å²) in [5, 5.41) is 0.165. The van der Waals surface area contributed by atoms with Gasteiger partial charge >= 0.3 is 19.5 Å². The fourth-order valence-electron chi connectivity index (χ4n) is 4.45. The molecule has 43 heavy (non-hydrogen) atoms. The number of halogens is 1. The van der Waals surface area contributed by atoms with Gasteiger partial charge in [-0.2, -0.15) is 0 Å². The van der Waals surface area contributed by atoms with Crippen molar-refractivity contribution in [3.63, 3.8) is 0 Å². The van der Waals surface area contributed by atoms with Gasteiger partial charge in [-0.15, -0.1) is 0 Å². The largest absolute Gasteiger partial charge is 0.530 e. The van der Waals surface area contributed by atoms with Gasteiger partial charge in [0.05, 0.1) is 16.5 Å². The van der Waals surface area contributed by atoms with E-state index in [1.807, 2.05) is 0 Å². The minimum absolute atomic E-state index is 0.0456. The van der Waals surface area contributed by atoms with Crippen LogP contribution in [0.25, 0.3) is 0 Å². The molecule has 2 saturated heterocycles. The Morgan fingerprint density at radius 2 is 1.91 bits per heavy atom. The van der Waals surface area contributed by atoms with E-state index in [1.54, 1.807) is 52.8 Å². The number of H-pyrrole nitrogens is 1. The first kappa shape index (κ1) is 33.4. The van der Waals surface area contributed by atoms with Crippen LogP contribution in [0.3, 0.4) is 0 Å². The van der Waals surface area contributed by atoms with Gasteiger partial charge in [-0.3, -0.25) is 28.2 Å². The Bertz CT molecular complexity index is 1420. The first-order valence-electron chi connectivity index (χ1n) is 14.1. The van der Waals surface area contributed by atoms with Crippen LogP contribution in [0.4, 0.5) is 0 Å². The van der Waals surface area contributed by atoms with E-state index >= 15 is 0 Å². The van der Waals surface area contributed by atoms with Crippen molar-refractivity contribution >= 4 is 25.4 Å².